The SMILES string of the molecule is CCCCCCCCOc1ccc(-c2noc([C@@H]3[C@@H](CO[Si](c4ccccc4)(c4ccccc4)C(C)(C)C)CCN3C(=O)OC(C)(C)C)n2)cc1C(F)(F)F. The number of carbonyl (C=O) groups excluding carboxylic acids is 1. The molecule has 1 saturated heterocycles. The summed E-state index contributed by atoms with van der Waals surface area (Å²) in [4.78, 5) is 19.9. The van der Waals surface area contributed by atoms with Crippen molar-refractivity contribution >= 4 is 24.8 Å². The molecule has 0 saturated carbocycles. The molecule has 55 heavy (non-hydrogen) atoms. The van der Waals surface area contributed by atoms with Gasteiger partial charge in [-0.25, -0.2) is 4.79 Å². The normalized spacial score (nSPS) is 16.7. The topological polar surface area (TPSA) is 86.9 Å². The summed E-state index contributed by atoms with van der Waals surface area (Å²) in [6.45, 7) is 14.9. The Bertz CT molecular complexity index is 1780. The standard InChI is InChI=1S/C43H56F3N3O5Si/c1-8-9-10-11-12-19-28-51-36-25-24-31(29-35(36)43(44,45)46)38-47-39(54-48-38)37-32(26-27-49(37)40(50)53-41(2,3)4)30-52-55(42(5,6)7,33-20-15-13-16-21-33)34-22-17-14-18-23-34/h13-18,20-25,29,32,37H,8-12,19,26-28,30H2,1-7H3/t32-,37+/m1/s1. The van der Waals surface area contributed by atoms with E-state index in [1.807, 2.05) is 36.4 Å². The Balaban J connectivity index is 1.46. The van der Waals surface area contributed by atoms with Crippen LogP contribution >= 0.6 is 0 Å². The summed E-state index contributed by atoms with van der Waals surface area (Å²) in [6.07, 6.45) is 1.33. The summed E-state index contributed by atoms with van der Waals surface area (Å²) >= 11 is 0. The first-order valence-electron chi connectivity index (χ1n) is 19.5. The largest absolute Gasteiger partial charge is 0.493 e. The van der Waals surface area contributed by atoms with Gasteiger partial charge in [-0.05, 0) is 67.2 Å². The highest BCUT2D eigenvalue weighted by Crippen LogP contribution is 2.43. The summed E-state index contributed by atoms with van der Waals surface area (Å²) in [5.41, 5.74) is -1.55. The number of nitrogens with zero attached hydrogens (tertiary/aromatic N) is 3. The van der Waals surface area contributed by atoms with Crippen molar-refractivity contribution in [3.05, 3.63) is 90.3 Å². The molecule has 1 aromatic heterocycles. The van der Waals surface area contributed by atoms with E-state index in [9.17, 15) is 18.0 Å². The number of amides is 1. The van der Waals surface area contributed by atoms with Gasteiger partial charge in [0.1, 0.15) is 17.4 Å². The fourth-order valence-electron chi connectivity index (χ4n) is 7.44. The van der Waals surface area contributed by atoms with Gasteiger partial charge in [0.2, 0.25) is 11.7 Å². The molecule has 1 aliphatic heterocycles. The second-order valence-electron chi connectivity index (χ2n) is 16.4. The number of ether oxygens (including phenoxy) is 2. The summed E-state index contributed by atoms with van der Waals surface area (Å²) < 4.78 is 67.5. The van der Waals surface area contributed by atoms with Crippen LogP contribution in [0.5, 0.6) is 5.75 Å². The quantitative estimate of drug-likeness (QED) is 0.0877. The van der Waals surface area contributed by atoms with Crippen molar-refractivity contribution < 1.29 is 36.4 Å². The molecule has 0 bridgehead atoms. The number of hydrogen-bond acceptors (Lipinski definition) is 7. The van der Waals surface area contributed by atoms with Crippen LogP contribution in [-0.2, 0) is 15.3 Å². The van der Waals surface area contributed by atoms with Gasteiger partial charge in [-0.1, -0.05) is 126 Å². The Kier molecular flexibility index (Phi) is 13.5. The molecule has 1 fully saturated rings. The van der Waals surface area contributed by atoms with Crippen LogP contribution < -0.4 is 15.1 Å². The zero-order chi connectivity index (χ0) is 39.9. The number of aromatic nitrogens is 2. The van der Waals surface area contributed by atoms with Crippen LogP contribution in [0, 0.1) is 5.92 Å². The first-order chi connectivity index (χ1) is 26.0. The molecule has 0 unspecified atom stereocenters. The first kappa shape index (κ1) is 42.0. The summed E-state index contributed by atoms with van der Waals surface area (Å²) in [5, 5.41) is 6.09. The summed E-state index contributed by atoms with van der Waals surface area (Å²) in [6, 6.07) is 23.6. The lowest BCUT2D eigenvalue weighted by Crippen LogP contribution is -2.67. The van der Waals surface area contributed by atoms with E-state index in [1.54, 1.807) is 25.7 Å². The van der Waals surface area contributed by atoms with Crippen LogP contribution in [0.15, 0.2) is 83.4 Å². The molecule has 3 aromatic carbocycles. The van der Waals surface area contributed by atoms with Crippen LogP contribution in [0.1, 0.15) is 111 Å². The molecule has 2 atom stereocenters. The monoisotopic (exact) mass is 779 g/mol. The second-order valence-corrected chi connectivity index (χ2v) is 20.7. The van der Waals surface area contributed by atoms with Gasteiger partial charge in [-0.15, -0.1) is 0 Å². The molecule has 0 radical (unpaired) electrons. The van der Waals surface area contributed by atoms with E-state index in [-0.39, 0.29) is 47.2 Å². The third-order valence-electron chi connectivity index (χ3n) is 10.1. The molecule has 12 heteroatoms. The Morgan fingerprint density at radius 1 is 0.873 bits per heavy atom. The molecule has 0 N–H and O–H groups in total. The lowest BCUT2D eigenvalue weighted by molar-refractivity contribution is -0.138. The van der Waals surface area contributed by atoms with E-state index in [4.69, 9.17) is 18.4 Å². The fraction of sp³-hybridized carbons (Fsp3) is 0.512. The smallest absolute Gasteiger partial charge is 0.419 e. The lowest BCUT2D eigenvalue weighted by Gasteiger charge is -2.43. The zero-order valence-electron chi connectivity index (χ0n) is 33.2. The predicted molar refractivity (Wildman–Crippen MR) is 211 cm³/mol. The number of hydrogen-bond donors (Lipinski definition) is 0. The van der Waals surface area contributed by atoms with E-state index in [1.165, 1.54) is 12.1 Å². The number of likely N-dealkylation sites (tertiary alicyclic amines) is 1. The van der Waals surface area contributed by atoms with Gasteiger partial charge >= 0.3 is 12.3 Å². The molecule has 5 rings (SSSR count). The molecule has 298 valence electrons. The molecule has 4 aromatic rings. The van der Waals surface area contributed by atoms with Crippen molar-refractivity contribution in [2.45, 2.75) is 116 Å². The number of benzene rings is 3. The highest BCUT2D eigenvalue weighted by Gasteiger charge is 2.52. The minimum atomic E-state index is -4.67. The number of halogens is 3. The highest BCUT2D eigenvalue weighted by molar-refractivity contribution is 6.99. The first-order valence-corrected chi connectivity index (χ1v) is 21.4. The van der Waals surface area contributed by atoms with Gasteiger partial charge in [0.05, 0.1) is 12.2 Å². The van der Waals surface area contributed by atoms with Crippen molar-refractivity contribution in [3.8, 4) is 17.1 Å². The van der Waals surface area contributed by atoms with Gasteiger partial charge in [0, 0.05) is 24.6 Å². The van der Waals surface area contributed by atoms with Crippen molar-refractivity contribution in [2.75, 3.05) is 19.8 Å². The van der Waals surface area contributed by atoms with E-state index < -0.39 is 37.8 Å². The number of alkyl halides is 3. The van der Waals surface area contributed by atoms with E-state index in [0.29, 0.717) is 19.4 Å². The maximum Gasteiger partial charge on any atom is 0.419 e. The van der Waals surface area contributed by atoms with Gasteiger partial charge in [-0.3, -0.25) is 4.90 Å². The zero-order valence-corrected chi connectivity index (χ0v) is 34.2. The van der Waals surface area contributed by atoms with Crippen LogP contribution in [0.4, 0.5) is 18.0 Å². The average molecular weight is 780 g/mol. The van der Waals surface area contributed by atoms with Crippen LogP contribution in [0.2, 0.25) is 5.04 Å². The molecule has 2 heterocycles. The molecule has 0 aliphatic carbocycles. The van der Waals surface area contributed by atoms with E-state index >= 15 is 0 Å². The van der Waals surface area contributed by atoms with E-state index in [2.05, 4.69) is 62.1 Å². The third kappa shape index (κ3) is 10.2. The molecule has 1 aliphatic rings. The van der Waals surface area contributed by atoms with Crippen molar-refractivity contribution in [1.82, 2.24) is 15.0 Å². The molecular weight excluding hydrogens is 724 g/mol. The van der Waals surface area contributed by atoms with Crippen LogP contribution in [0.3, 0.4) is 0 Å². The van der Waals surface area contributed by atoms with Crippen LogP contribution in [0.25, 0.3) is 11.4 Å². The third-order valence-corrected chi connectivity index (χ3v) is 15.1. The Morgan fingerprint density at radius 3 is 2.07 bits per heavy atom. The summed E-state index contributed by atoms with van der Waals surface area (Å²) in [5.74, 6) is -0.441. The minimum absolute atomic E-state index is 0.0225. The number of carbonyl (C=O) groups is 1. The maximum absolute atomic E-state index is 14.3. The predicted octanol–water partition coefficient (Wildman–Crippen LogP) is 10.4. The Hall–Kier alpha value is -4.16. The molecule has 8 nitrogen and oxygen atoms in total. The molecular formula is C43H56F3N3O5Si. The Labute approximate surface area is 324 Å². The molecule has 1 amide bonds. The van der Waals surface area contributed by atoms with Crippen molar-refractivity contribution in [3.63, 3.8) is 0 Å². The fourth-order valence-corrected chi connectivity index (χ4v) is 12.1. The Morgan fingerprint density at radius 2 is 1.49 bits per heavy atom. The average Bonchev–Trinajstić information content (AvgIpc) is 3.79. The van der Waals surface area contributed by atoms with Gasteiger partial charge < -0.3 is 18.4 Å². The minimum Gasteiger partial charge on any atom is -0.493 e. The summed E-state index contributed by atoms with van der Waals surface area (Å²) in [7, 11) is -2.95. The van der Waals surface area contributed by atoms with Gasteiger partial charge in [0.25, 0.3) is 8.32 Å². The number of rotatable bonds is 15. The second kappa shape index (κ2) is 17.7. The van der Waals surface area contributed by atoms with Crippen molar-refractivity contribution in [2.24, 2.45) is 5.92 Å². The van der Waals surface area contributed by atoms with Gasteiger partial charge in [0.15, 0.2) is 0 Å². The van der Waals surface area contributed by atoms with Crippen molar-refractivity contribution in [1.29, 1.82) is 0 Å². The number of unbranched alkanes of at least 4 members (excludes halogenated alkanes) is 5. The molecule has 0 spiro atoms. The van der Waals surface area contributed by atoms with E-state index in [0.717, 1.165) is 48.5 Å². The van der Waals surface area contributed by atoms with Crippen LogP contribution in [-0.4, -0.2) is 54.8 Å². The highest BCUT2D eigenvalue weighted by atomic mass is 28.4. The maximum atomic E-state index is 14.3. The lowest BCUT2D eigenvalue weighted by atomic mass is 10.0. The van der Waals surface area contributed by atoms with Gasteiger partial charge in [-0.2, -0.15) is 18.2 Å².